The van der Waals surface area contributed by atoms with Crippen molar-refractivity contribution in [3.8, 4) is 0 Å². The summed E-state index contributed by atoms with van der Waals surface area (Å²) in [6, 6.07) is 2.26. The number of rotatable bonds is 6. The number of nitrogens with zero attached hydrogens (tertiary/aromatic N) is 4. The van der Waals surface area contributed by atoms with Crippen molar-refractivity contribution in [1.29, 1.82) is 0 Å². The number of hydrogen-bond acceptors (Lipinski definition) is 3. The van der Waals surface area contributed by atoms with E-state index in [-0.39, 0.29) is 5.78 Å². The van der Waals surface area contributed by atoms with Gasteiger partial charge in [0.15, 0.2) is 0 Å². The molecule has 0 aliphatic heterocycles. The predicted octanol–water partition coefficient (Wildman–Crippen LogP) is 2.56. The molecule has 0 amide bonds. The molecule has 2 aromatic heterocycles. The maximum atomic E-state index is 12.1. The van der Waals surface area contributed by atoms with Gasteiger partial charge in [0.05, 0.1) is 17.8 Å². The Bertz CT molecular complexity index is 637. The standard InChI is InChI=1S/C16H24N4O/c1-11(2)20-9-8-14(18-20)10-15(21)6-7-16-12(3)17-19(5)13(16)4/h8-9,11H,6-7,10H2,1-5H3. The third-order valence-electron chi connectivity index (χ3n) is 3.88. The first-order valence-electron chi connectivity index (χ1n) is 7.43. The Hall–Kier alpha value is -1.91. The summed E-state index contributed by atoms with van der Waals surface area (Å²) < 4.78 is 3.76. The second-order valence-electron chi connectivity index (χ2n) is 5.87. The molecule has 2 aromatic rings. The minimum atomic E-state index is 0.228. The Morgan fingerprint density at radius 3 is 2.52 bits per heavy atom. The van der Waals surface area contributed by atoms with Gasteiger partial charge in [0, 0.05) is 31.4 Å². The van der Waals surface area contributed by atoms with Crippen LogP contribution in [0.15, 0.2) is 12.3 Å². The van der Waals surface area contributed by atoms with Crippen LogP contribution in [-0.2, 0) is 24.7 Å². The van der Waals surface area contributed by atoms with E-state index in [4.69, 9.17) is 0 Å². The van der Waals surface area contributed by atoms with E-state index in [0.717, 1.165) is 23.5 Å². The molecule has 0 N–H and O–H groups in total. The molecule has 0 unspecified atom stereocenters. The van der Waals surface area contributed by atoms with Gasteiger partial charge < -0.3 is 0 Å². The van der Waals surface area contributed by atoms with Crippen LogP contribution in [0.25, 0.3) is 0 Å². The fourth-order valence-electron chi connectivity index (χ4n) is 2.49. The van der Waals surface area contributed by atoms with Gasteiger partial charge in [-0.3, -0.25) is 14.2 Å². The lowest BCUT2D eigenvalue weighted by Crippen LogP contribution is -2.07. The molecule has 5 nitrogen and oxygen atoms in total. The van der Waals surface area contributed by atoms with Crippen LogP contribution in [0.5, 0.6) is 0 Å². The molecule has 0 aromatic carbocycles. The van der Waals surface area contributed by atoms with Crippen LogP contribution in [0.3, 0.4) is 0 Å². The first-order chi connectivity index (χ1) is 9.88. The number of Topliss-reactive ketones (excluding diaryl/α,β-unsaturated/α-hetero) is 1. The van der Waals surface area contributed by atoms with Crippen LogP contribution >= 0.6 is 0 Å². The minimum absolute atomic E-state index is 0.228. The quantitative estimate of drug-likeness (QED) is 0.821. The van der Waals surface area contributed by atoms with Crippen LogP contribution < -0.4 is 0 Å². The zero-order valence-electron chi connectivity index (χ0n) is 13.6. The highest BCUT2D eigenvalue weighted by Crippen LogP contribution is 2.15. The number of carbonyl (C=O) groups excluding carboxylic acids is 1. The third kappa shape index (κ3) is 3.60. The average molecular weight is 288 g/mol. The van der Waals surface area contributed by atoms with E-state index in [1.54, 1.807) is 0 Å². The lowest BCUT2D eigenvalue weighted by atomic mass is 10.0. The molecule has 0 atom stereocenters. The van der Waals surface area contributed by atoms with E-state index < -0.39 is 0 Å². The molecule has 0 spiro atoms. The second-order valence-corrected chi connectivity index (χ2v) is 5.87. The SMILES string of the molecule is Cc1nn(C)c(C)c1CCC(=O)Cc1ccn(C(C)C)n1. The van der Waals surface area contributed by atoms with Gasteiger partial charge in [-0.2, -0.15) is 10.2 Å². The highest BCUT2D eigenvalue weighted by molar-refractivity contribution is 5.80. The average Bonchev–Trinajstić information content (AvgIpc) is 2.95. The van der Waals surface area contributed by atoms with Crippen molar-refractivity contribution >= 4 is 5.78 Å². The largest absolute Gasteiger partial charge is 0.299 e. The smallest absolute Gasteiger partial charge is 0.139 e. The summed E-state index contributed by atoms with van der Waals surface area (Å²) in [6.45, 7) is 8.19. The summed E-state index contributed by atoms with van der Waals surface area (Å²) in [5, 5.41) is 8.81. The van der Waals surface area contributed by atoms with Crippen LogP contribution in [0.2, 0.25) is 0 Å². The third-order valence-corrected chi connectivity index (χ3v) is 3.88. The highest BCUT2D eigenvalue weighted by atomic mass is 16.1. The lowest BCUT2D eigenvalue weighted by Gasteiger charge is -2.04. The summed E-state index contributed by atoms with van der Waals surface area (Å²) in [6.07, 6.45) is 3.65. The molecule has 0 radical (unpaired) electrons. The van der Waals surface area contributed by atoms with Gasteiger partial charge in [0.2, 0.25) is 0 Å². The van der Waals surface area contributed by atoms with Gasteiger partial charge in [0.25, 0.3) is 0 Å². The number of hydrogen-bond donors (Lipinski definition) is 0. The zero-order valence-corrected chi connectivity index (χ0v) is 13.6. The van der Waals surface area contributed by atoms with E-state index >= 15 is 0 Å². The topological polar surface area (TPSA) is 52.7 Å². The maximum Gasteiger partial charge on any atom is 0.139 e. The Kier molecular flexibility index (Phi) is 4.60. The molecule has 21 heavy (non-hydrogen) atoms. The van der Waals surface area contributed by atoms with Crippen LogP contribution in [0.1, 0.15) is 49.0 Å². The van der Waals surface area contributed by atoms with Crippen molar-refractivity contribution < 1.29 is 4.79 Å². The first kappa shape index (κ1) is 15.5. The molecule has 5 heteroatoms. The van der Waals surface area contributed by atoms with Gasteiger partial charge in [-0.25, -0.2) is 0 Å². The monoisotopic (exact) mass is 288 g/mol. The summed E-state index contributed by atoms with van der Waals surface area (Å²) in [7, 11) is 1.94. The van der Waals surface area contributed by atoms with Crippen molar-refractivity contribution in [2.24, 2.45) is 7.05 Å². The Morgan fingerprint density at radius 2 is 2.00 bits per heavy atom. The molecule has 0 aliphatic carbocycles. The summed E-state index contributed by atoms with van der Waals surface area (Å²) in [4.78, 5) is 12.1. The van der Waals surface area contributed by atoms with E-state index in [1.807, 2.05) is 42.5 Å². The molecule has 0 saturated heterocycles. The van der Waals surface area contributed by atoms with E-state index in [0.29, 0.717) is 18.9 Å². The van der Waals surface area contributed by atoms with Crippen molar-refractivity contribution in [2.75, 3.05) is 0 Å². The Labute approximate surface area is 126 Å². The van der Waals surface area contributed by atoms with Crippen molar-refractivity contribution in [3.05, 3.63) is 34.9 Å². The molecular formula is C16H24N4O. The minimum Gasteiger partial charge on any atom is -0.299 e. The van der Waals surface area contributed by atoms with Crippen molar-refractivity contribution in [1.82, 2.24) is 19.6 Å². The molecular weight excluding hydrogens is 264 g/mol. The predicted molar refractivity (Wildman–Crippen MR) is 82.3 cm³/mol. The van der Waals surface area contributed by atoms with E-state index in [1.165, 1.54) is 5.56 Å². The number of aryl methyl sites for hydroxylation is 2. The van der Waals surface area contributed by atoms with Gasteiger partial charge in [-0.05, 0) is 45.7 Å². The number of ketones is 1. The van der Waals surface area contributed by atoms with E-state index in [9.17, 15) is 4.79 Å². The van der Waals surface area contributed by atoms with Crippen LogP contribution in [0.4, 0.5) is 0 Å². The molecule has 0 aliphatic rings. The van der Waals surface area contributed by atoms with E-state index in [2.05, 4.69) is 24.0 Å². The Morgan fingerprint density at radius 1 is 1.29 bits per heavy atom. The lowest BCUT2D eigenvalue weighted by molar-refractivity contribution is -0.118. The molecule has 0 bridgehead atoms. The highest BCUT2D eigenvalue weighted by Gasteiger charge is 2.13. The molecule has 2 heterocycles. The zero-order chi connectivity index (χ0) is 15.6. The molecule has 2 rings (SSSR count). The van der Waals surface area contributed by atoms with Gasteiger partial charge in [0.1, 0.15) is 5.78 Å². The van der Waals surface area contributed by atoms with Crippen LogP contribution in [0, 0.1) is 13.8 Å². The fourth-order valence-corrected chi connectivity index (χ4v) is 2.49. The van der Waals surface area contributed by atoms with Crippen molar-refractivity contribution in [3.63, 3.8) is 0 Å². The summed E-state index contributed by atoms with van der Waals surface area (Å²) >= 11 is 0. The Balaban J connectivity index is 1.92. The maximum absolute atomic E-state index is 12.1. The number of aromatic nitrogens is 4. The molecule has 114 valence electrons. The van der Waals surface area contributed by atoms with Crippen LogP contribution in [-0.4, -0.2) is 25.3 Å². The normalized spacial score (nSPS) is 11.3. The number of carbonyl (C=O) groups is 1. The molecule has 0 fully saturated rings. The van der Waals surface area contributed by atoms with Gasteiger partial charge >= 0.3 is 0 Å². The summed E-state index contributed by atoms with van der Waals surface area (Å²) in [5.74, 6) is 0.228. The van der Waals surface area contributed by atoms with Crippen molar-refractivity contribution in [2.45, 2.75) is 53.0 Å². The first-order valence-corrected chi connectivity index (χ1v) is 7.43. The van der Waals surface area contributed by atoms with Gasteiger partial charge in [-0.15, -0.1) is 0 Å². The fraction of sp³-hybridized carbons (Fsp3) is 0.562. The van der Waals surface area contributed by atoms with Gasteiger partial charge in [-0.1, -0.05) is 0 Å². The second kappa shape index (κ2) is 6.24. The molecule has 0 saturated carbocycles. The summed E-state index contributed by atoms with van der Waals surface area (Å²) in [5.41, 5.74) is 4.21.